The number of hydrogen-bond acceptors (Lipinski definition) is 3. The fourth-order valence-electron chi connectivity index (χ4n) is 2.71. The van der Waals surface area contributed by atoms with Crippen LogP contribution in [0.1, 0.15) is 11.1 Å². The van der Waals surface area contributed by atoms with Gasteiger partial charge in [0.25, 0.3) is 5.91 Å². The summed E-state index contributed by atoms with van der Waals surface area (Å²) in [5.41, 5.74) is 2.72. The number of rotatable bonds is 5. The molecule has 3 rings (SSSR count). The summed E-state index contributed by atoms with van der Waals surface area (Å²) in [6, 6.07) is 16.2. The first-order valence-corrected chi connectivity index (χ1v) is 8.04. The second-order valence-electron chi connectivity index (χ2n) is 5.89. The Hall–Kier alpha value is -3.15. The molecule has 1 heterocycles. The number of carbonyl (C=O) groups is 3. The van der Waals surface area contributed by atoms with Crippen LogP contribution in [0.4, 0.5) is 10.5 Å². The summed E-state index contributed by atoms with van der Waals surface area (Å²) in [7, 11) is 0. The second-order valence-corrected chi connectivity index (χ2v) is 5.89. The van der Waals surface area contributed by atoms with Crippen LogP contribution in [0.25, 0.3) is 0 Å². The maximum Gasteiger partial charge on any atom is 0.332 e. The van der Waals surface area contributed by atoms with Crippen LogP contribution in [-0.2, 0) is 16.1 Å². The predicted octanol–water partition coefficient (Wildman–Crippen LogP) is 2.08. The van der Waals surface area contributed by atoms with Gasteiger partial charge in [0.2, 0.25) is 5.91 Å². The average molecular weight is 337 g/mol. The highest BCUT2D eigenvalue weighted by Crippen LogP contribution is 2.20. The lowest BCUT2D eigenvalue weighted by atomic mass is 10.1. The lowest BCUT2D eigenvalue weighted by Crippen LogP contribution is -2.41. The topological polar surface area (TPSA) is 69.7 Å². The SMILES string of the molecule is Cc1ccccc1CNC(=O)CN1C(=O)CN(c2ccccc2)C1=O. The highest BCUT2D eigenvalue weighted by Gasteiger charge is 2.37. The van der Waals surface area contributed by atoms with E-state index in [1.54, 1.807) is 24.3 Å². The molecule has 6 nitrogen and oxygen atoms in total. The Balaban J connectivity index is 1.60. The Morgan fingerprint density at radius 2 is 1.72 bits per heavy atom. The number of benzene rings is 2. The van der Waals surface area contributed by atoms with Gasteiger partial charge in [-0.15, -0.1) is 0 Å². The second kappa shape index (κ2) is 7.17. The molecule has 1 N–H and O–H groups in total. The Bertz CT molecular complexity index is 805. The monoisotopic (exact) mass is 337 g/mol. The van der Waals surface area contributed by atoms with E-state index in [1.165, 1.54) is 4.90 Å². The van der Waals surface area contributed by atoms with Crippen molar-refractivity contribution in [2.45, 2.75) is 13.5 Å². The molecule has 128 valence electrons. The number of para-hydroxylation sites is 1. The number of aryl methyl sites for hydroxylation is 1. The first-order chi connectivity index (χ1) is 12.1. The molecule has 1 saturated heterocycles. The highest BCUT2D eigenvalue weighted by atomic mass is 16.2. The van der Waals surface area contributed by atoms with Crippen molar-refractivity contribution >= 4 is 23.5 Å². The van der Waals surface area contributed by atoms with Crippen LogP contribution in [0.2, 0.25) is 0 Å². The number of nitrogens with zero attached hydrogens (tertiary/aromatic N) is 2. The summed E-state index contributed by atoms with van der Waals surface area (Å²) in [4.78, 5) is 39.0. The summed E-state index contributed by atoms with van der Waals surface area (Å²) in [6.07, 6.45) is 0. The van der Waals surface area contributed by atoms with E-state index in [0.29, 0.717) is 12.2 Å². The normalized spacial score (nSPS) is 14.1. The van der Waals surface area contributed by atoms with Crippen molar-refractivity contribution in [3.63, 3.8) is 0 Å². The van der Waals surface area contributed by atoms with E-state index < -0.39 is 6.03 Å². The van der Waals surface area contributed by atoms with E-state index in [-0.39, 0.29) is 24.9 Å². The number of hydrogen-bond donors (Lipinski definition) is 1. The summed E-state index contributed by atoms with van der Waals surface area (Å²) < 4.78 is 0. The minimum absolute atomic E-state index is 0.0477. The maximum absolute atomic E-state index is 12.4. The van der Waals surface area contributed by atoms with Gasteiger partial charge in [0, 0.05) is 12.2 Å². The zero-order chi connectivity index (χ0) is 17.8. The standard InChI is InChI=1S/C19H19N3O3/c1-14-7-5-6-8-15(14)11-20-17(23)12-22-18(24)13-21(19(22)25)16-9-3-2-4-10-16/h2-10H,11-13H2,1H3,(H,20,23). The zero-order valence-corrected chi connectivity index (χ0v) is 13.9. The summed E-state index contributed by atoms with van der Waals surface area (Å²) in [5, 5.41) is 2.76. The molecular weight excluding hydrogens is 318 g/mol. The van der Waals surface area contributed by atoms with Crippen LogP contribution in [0.5, 0.6) is 0 Å². The number of carbonyl (C=O) groups excluding carboxylic acids is 3. The van der Waals surface area contributed by atoms with Gasteiger partial charge < -0.3 is 5.32 Å². The molecule has 6 heteroatoms. The predicted molar refractivity (Wildman–Crippen MR) is 93.9 cm³/mol. The van der Waals surface area contributed by atoms with Crippen molar-refractivity contribution in [3.05, 3.63) is 65.7 Å². The van der Waals surface area contributed by atoms with Gasteiger partial charge in [-0.3, -0.25) is 19.4 Å². The van der Waals surface area contributed by atoms with Gasteiger partial charge in [0.05, 0.1) is 0 Å². The van der Waals surface area contributed by atoms with Gasteiger partial charge in [-0.1, -0.05) is 42.5 Å². The van der Waals surface area contributed by atoms with Crippen molar-refractivity contribution < 1.29 is 14.4 Å². The van der Waals surface area contributed by atoms with E-state index in [9.17, 15) is 14.4 Å². The van der Waals surface area contributed by atoms with E-state index in [2.05, 4.69) is 5.32 Å². The molecule has 0 radical (unpaired) electrons. The van der Waals surface area contributed by atoms with Crippen molar-refractivity contribution in [2.75, 3.05) is 18.0 Å². The molecule has 1 fully saturated rings. The lowest BCUT2D eigenvalue weighted by molar-refractivity contribution is -0.130. The Morgan fingerprint density at radius 3 is 2.44 bits per heavy atom. The van der Waals surface area contributed by atoms with Crippen LogP contribution in [0.3, 0.4) is 0 Å². The van der Waals surface area contributed by atoms with Gasteiger partial charge in [-0.25, -0.2) is 4.79 Å². The van der Waals surface area contributed by atoms with Crippen LogP contribution in [-0.4, -0.2) is 35.8 Å². The Morgan fingerprint density at radius 1 is 1.04 bits per heavy atom. The van der Waals surface area contributed by atoms with Gasteiger partial charge in [0.1, 0.15) is 13.1 Å². The summed E-state index contributed by atoms with van der Waals surface area (Å²) >= 11 is 0. The van der Waals surface area contributed by atoms with Crippen LogP contribution >= 0.6 is 0 Å². The average Bonchev–Trinajstić information content (AvgIpc) is 2.90. The lowest BCUT2D eigenvalue weighted by Gasteiger charge is -2.17. The van der Waals surface area contributed by atoms with E-state index in [0.717, 1.165) is 16.0 Å². The third kappa shape index (κ3) is 3.68. The fourth-order valence-corrected chi connectivity index (χ4v) is 2.71. The van der Waals surface area contributed by atoms with Crippen molar-refractivity contribution in [2.24, 2.45) is 0 Å². The maximum atomic E-state index is 12.4. The number of urea groups is 1. The van der Waals surface area contributed by atoms with Crippen molar-refractivity contribution in [3.8, 4) is 0 Å². The number of nitrogens with one attached hydrogen (secondary N) is 1. The van der Waals surface area contributed by atoms with Crippen LogP contribution in [0.15, 0.2) is 54.6 Å². The van der Waals surface area contributed by atoms with Crippen LogP contribution < -0.4 is 10.2 Å². The minimum Gasteiger partial charge on any atom is -0.350 e. The molecule has 2 aromatic carbocycles. The molecule has 0 bridgehead atoms. The third-order valence-corrected chi connectivity index (χ3v) is 4.16. The summed E-state index contributed by atoms with van der Waals surface area (Å²) in [5.74, 6) is -0.736. The van der Waals surface area contributed by atoms with Gasteiger partial charge in [-0.05, 0) is 30.2 Å². The summed E-state index contributed by atoms with van der Waals surface area (Å²) in [6.45, 7) is 2.01. The first-order valence-electron chi connectivity index (χ1n) is 8.04. The van der Waals surface area contributed by atoms with Gasteiger partial charge >= 0.3 is 6.03 Å². The molecule has 4 amide bonds. The fraction of sp³-hybridized carbons (Fsp3) is 0.211. The van der Waals surface area contributed by atoms with Gasteiger partial charge in [0.15, 0.2) is 0 Å². The molecule has 0 atom stereocenters. The Kier molecular flexibility index (Phi) is 4.79. The smallest absolute Gasteiger partial charge is 0.332 e. The van der Waals surface area contributed by atoms with E-state index >= 15 is 0 Å². The largest absolute Gasteiger partial charge is 0.350 e. The molecule has 0 aromatic heterocycles. The molecule has 0 unspecified atom stereocenters. The number of imide groups is 1. The molecule has 0 spiro atoms. The number of anilines is 1. The molecule has 2 aromatic rings. The molecule has 0 aliphatic carbocycles. The van der Waals surface area contributed by atoms with Crippen molar-refractivity contribution in [1.82, 2.24) is 10.2 Å². The van der Waals surface area contributed by atoms with Crippen molar-refractivity contribution in [1.29, 1.82) is 0 Å². The molecule has 0 saturated carbocycles. The molecule has 1 aliphatic rings. The van der Waals surface area contributed by atoms with Crippen LogP contribution in [0, 0.1) is 6.92 Å². The van der Waals surface area contributed by atoms with E-state index in [4.69, 9.17) is 0 Å². The number of amides is 4. The van der Waals surface area contributed by atoms with Gasteiger partial charge in [-0.2, -0.15) is 0 Å². The zero-order valence-electron chi connectivity index (χ0n) is 13.9. The molecular formula is C19H19N3O3. The molecule has 1 aliphatic heterocycles. The molecule has 25 heavy (non-hydrogen) atoms. The van der Waals surface area contributed by atoms with E-state index in [1.807, 2.05) is 37.3 Å². The quantitative estimate of drug-likeness (QED) is 0.849. The first kappa shape index (κ1) is 16.7. The minimum atomic E-state index is -0.470. The Labute approximate surface area is 146 Å². The highest BCUT2D eigenvalue weighted by molar-refractivity contribution is 6.13. The third-order valence-electron chi connectivity index (χ3n) is 4.16.